The van der Waals surface area contributed by atoms with Gasteiger partial charge in [0.1, 0.15) is 0 Å². The zero-order valence-corrected chi connectivity index (χ0v) is 9.48. The van der Waals surface area contributed by atoms with Gasteiger partial charge in [-0.25, -0.2) is 4.39 Å². The lowest BCUT2D eigenvalue weighted by Gasteiger charge is -2.08. The van der Waals surface area contributed by atoms with Gasteiger partial charge in [-0.1, -0.05) is 11.6 Å². The Morgan fingerprint density at radius 3 is 2.73 bits per heavy atom. The number of rotatable bonds is 5. The second kappa shape index (κ2) is 5.93. The highest BCUT2D eigenvalue weighted by Gasteiger charge is 2.10. The first-order valence-electron chi connectivity index (χ1n) is 4.91. The molecule has 4 heteroatoms. The lowest BCUT2D eigenvalue weighted by atomic mass is 10.1. The molecule has 1 rings (SSSR count). The monoisotopic (exact) mass is 231 g/mol. The molecule has 0 saturated heterocycles. The minimum atomic E-state index is -0.320. The predicted octanol–water partition coefficient (Wildman–Crippen LogP) is 2.77. The lowest BCUT2D eigenvalue weighted by Crippen LogP contribution is -2.01. The Morgan fingerprint density at radius 2 is 2.13 bits per heavy atom. The zero-order chi connectivity index (χ0) is 11.3. The molecule has 2 N–H and O–H groups in total. The Hall–Kier alpha value is -0.800. The van der Waals surface area contributed by atoms with Gasteiger partial charge in [0.2, 0.25) is 0 Å². The molecule has 0 aliphatic carbocycles. The maximum absolute atomic E-state index is 13.7. The van der Waals surface area contributed by atoms with Crippen molar-refractivity contribution in [2.24, 2.45) is 5.73 Å². The van der Waals surface area contributed by atoms with E-state index in [2.05, 4.69) is 0 Å². The molecule has 1 aromatic rings. The molecular weight excluding hydrogens is 217 g/mol. The number of benzene rings is 1. The normalized spacial score (nSPS) is 10.4. The van der Waals surface area contributed by atoms with E-state index in [0.717, 1.165) is 12.8 Å². The largest absolute Gasteiger partial charge is 0.494 e. The Bertz CT molecular complexity index is 331. The molecule has 0 unspecified atom stereocenters. The first-order valence-corrected chi connectivity index (χ1v) is 5.28. The molecule has 84 valence electrons. The highest BCUT2D eigenvalue weighted by Crippen LogP contribution is 2.26. The van der Waals surface area contributed by atoms with E-state index in [4.69, 9.17) is 22.1 Å². The summed E-state index contributed by atoms with van der Waals surface area (Å²) in [5, 5.41) is 0.496. The third-order valence-electron chi connectivity index (χ3n) is 2.20. The minimum absolute atomic E-state index is 0.199. The van der Waals surface area contributed by atoms with Crippen molar-refractivity contribution in [3.8, 4) is 5.75 Å². The van der Waals surface area contributed by atoms with E-state index in [-0.39, 0.29) is 11.6 Å². The first kappa shape index (κ1) is 12.3. The molecule has 0 saturated carbocycles. The van der Waals surface area contributed by atoms with Crippen molar-refractivity contribution in [1.82, 2.24) is 0 Å². The number of ether oxygens (including phenoxy) is 1. The van der Waals surface area contributed by atoms with Crippen LogP contribution in [0.1, 0.15) is 18.4 Å². The van der Waals surface area contributed by atoms with Crippen LogP contribution < -0.4 is 10.5 Å². The molecule has 0 fully saturated rings. The molecule has 0 amide bonds. The van der Waals surface area contributed by atoms with Crippen LogP contribution in [0, 0.1) is 5.82 Å². The summed E-state index contributed by atoms with van der Waals surface area (Å²) in [7, 11) is 1.43. The van der Waals surface area contributed by atoms with E-state index in [1.54, 1.807) is 6.07 Å². The molecule has 2 nitrogen and oxygen atoms in total. The SMILES string of the molecule is COc1cc(Cl)cc(CCCCN)c1F. The standard InChI is InChI=1S/C11H15ClFNO/c1-15-10-7-9(12)6-8(11(10)13)4-2-3-5-14/h6-7H,2-5,14H2,1H3. The van der Waals surface area contributed by atoms with Crippen LogP contribution >= 0.6 is 11.6 Å². The van der Waals surface area contributed by atoms with Crippen LogP contribution in [0.3, 0.4) is 0 Å². The smallest absolute Gasteiger partial charge is 0.168 e. The number of methoxy groups -OCH3 is 1. The Kier molecular flexibility index (Phi) is 4.85. The van der Waals surface area contributed by atoms with Crippen LogP contribution in [0.25, 0.3) is 0 Å². The van der Waals surface area contributed by atoms with Crippen LogP contribution in [0.4, 0.5) is 4.39 Å². The van der Waals surface area contributed by atoms with Crippen molar-refractivity contribution in [3.05, 3.63) is 28.5 Å². The maximum atomic E-state index is 13.7. The van der Waals surface area contributed by atoms with Gasteiger partial charge in [-0.2, -0.15) is 0 Å². The molecule has 0 heterocycles. The van der Waals surface area contributed by atoms with Gasteiger partial charge in [-0.3, -0.25) is 0 Å². The molecule has 0 radical (unpaired) electrons. The number of hydrogen-bond acceptors (Lipinski definition) is 2. The third-order valence-corrected chi connectivity index (χ3v) is 2.42. The van der Waals surface area contributed by atoms with Gasteiger partial charge in [0.25, 0.3) is 0 Å². The van der Waals surface area contributed by atoms with Gasteiger partial charge in [0.05, 0.1) is 7.11 Å². The van der Waals surface area contributed by atoms with Crippen LogP contribution in [0.2, 0.25) is 5.02 Å². The fraction of sp³-hybridized carbons (Fsp3) is 0.455. The fourth-order valence-electron chi connectivity index (χ4n) is 1.41. The van der Waals surface area contributed by atoms with Gasteiger partial charge in [-0.05, 0) is 37.4 Å². The van der Waals surface area contributed by atoms with Gasteiger partial charge in [0.15, 0.2) is 11.6 Å². The molecule has 0 atom stereocenters. The van der Waals surface area contributed by atoms with Crippen molar-refractivity contribution in [3.63, 3.8) is 0 Å². The van der Waals surface area contributed by atoms with Crippen molar-refractivity contribution in [2.75, 3.05) is 13.7 Å². The van der Waals surface area contributed by atoms with Gasteiger partial charge < -0.3 is 10.5 Å². The summed E-state index contributed by atoms with van der Waals surface area (Å²) >= 11 is 5.84. The second-order valence-electron chi connectivity index (χ2n) is 3.33. The van der Waals surface area contributed by atoms with Crippen LogP contribution in [-0.2, 0) is 6.42 Å². The lowest BCUT2D eigenvalue weighted by molar-refractivity contribution is 0.384. The van der Waals surface area contributed by atoms with Gasteiger partial charge >= 0.3 is 0 Å². The molecular formula is C11H15ClFNO. The second-order valence-corrected chi connectivity index (χ2v) is 3.76. The number of aryl methyl sites for hydroxylation is 1. The highest BCUT2D eigenvalue weighted by atomic mass is 35.5. The summed E-state index contributed by atoms with van der Waals surface area (Å²) in [5.41, 5.74) is 5.96. The van der Waals surface area contributed by atoms with E-state index in [1.165, 1.54) is 13.2 Å². The van der Waals surface area contributed by atoms with Gasteiger partial charge in [0, 0.05) is 11.1 Å². The maximum Gasteiger partial charge on any atom is 0.168 e. The summed E-state index contributed by atoms with van der Waals surface area (Å²) in [5.74, 6) is -0.121. The number of halogens is 2. The molecule has 0 aliphatic rings. The van der Waals surface area contributed by atoms with Gasteiger partial charge in [-0.15, -0.1) is 0 Å². The van der Waals surface area contributed by atoms with E-state index < -0.39 is 0 Å². The average molecular weight is 232 g/mol. The van der Waals surface area contributed by atoms with Crippen LogP contribution in [0.5, 0.6) is 5.75 Å². The highest BCUT2D eigenvalue weighted by molar-refractivity contribution is 6.30. The van der Waals surface area contributed by atoms with Crippen LogP contribution in [0.15, 0.2) is 12.1 Å². The molecule has 0 bridgehead atoms. The fourth-order valence-corrected chi connectivity index (χ4v) is 1.64. The summed E-state index contributed by atoms with van der Waals surface area (Å²) in [6, 6.07) is 3.11. The number of unbranched alkanes of at least 4 members (excludes halogenated alkanes) is 1. The molecule has 1 aromatic carbocycles. The molecule has 0 aromatic heterocycles. The van der Waals surface area contributed by atoms with Crippen molar-refractivity contribution in [1.29, 1.82) is 0 Å². The quantitative estimate of drug-likeness (QED) is 0.791. The predicted molar refractivity (Wildman–Crippen MR) is 60.0 cm³/mol. The summed E-state index contributed by atoms with van der Waals surface area (Å²) in [4.78, 5) is 0. The Balaban J connectivity index is 2.81. The Morgan fingerprint density at radius 1 is 1.40 bits per heavy atom. The minimum Gasteiger partial charge on any atom is -0.494 e. The topological polar surface area (TPSA) is 35.2 Å². The summed E-state index contributed by atoms with van der Waals surface area (Å²) in [6.07, 6.45) is 2.38. The Labute approximate surface area is 94.2 Å². The van der Waals surface area contributed by atoms with E-state index in [0.29, 0.717) is 23.6 Å². The summed E-state index contributed by atoms with van der Waals surface area (Å²) in [6.45, 7) is 0.624. The van der Waals surface area contributed by atoms with E-state index >= 15 is 0 Å². The average Bonchev–Trinajstić information content (AvgIpc) is 2.23. The number of nitrogens with two attached hydrogens (primary N) is 1. The molecule has 15 heavy (non-hydrogen) atoms. The number of hydrogen-bond donors (Lipinski definition) is 1. The third kappa shape index (κ3) is 3.36. The zero-order valence-electron chi connectivity index (χ0n) is 8.72. The van der Waals surface area contributed by atoms with Crippen LogP contribution in [-0.4, -0.2) is 13.7 Å². The van der Waals surface area contributed by atoms with E-state index in [9.17, 15) is 4.39 Å². The van der Waals surface area contributed by atoms with Crippen molar-refractivity contribution in [2.45, 2.75) is 19.3 Å². The van der Waals surface area contributed by atoms with E-state index in [1.807, 2.05) is 0 Å². The summed E-state index contributed by atoms with van der Waals surface area (Å²) < 4.78 is 18.6. The first-order chi connectivity index (χ1) is 7.19. The van der Waals surface area contributed by atoms with Crippen molar-refractivity contribution < 1.29 is 9.13 Å². The van der Waals surface area contributed by atoms with Crippen molar-refractivity contribution >= 4 is 11.6 Å². The molecule has 0 spiro atoms. The molecule has 0 aliphatic heterocycles.